The number of aliphatic hydroxyl groups is 1. The fourth-order valence-corrected chi connectivity index (χ4v) is 1.86. The van der Waals surface area contributed by atoms with Crippen LogP contribution in [-0.2, 0) is 11.2 Å². The lowest BCUT2D eigenvalue weighted by Crippen LogP contribution is -2.38. The Bertz CT molecular complexity index is 414. The maximum Gasteiger partial charge on any atom is 0.168 e. The van der Waals surface area contributed by atoms with E-state index in [1.54, 1.807) is 19.9 Å². The van der Waals surface area contributed by atoms with Crippen LogP contribution < -0.4 is 0 Å². The number of hydrogen-bond donors (Lipinski definition) is 1. The molecule has 2 nitrogen and oxygen atoms in total. The fraction of sp³-hybridized carbons (Fsp3) is 0.462. The Kier molecular flexibility index (Phi) is 4.66. The number of hydrogen-bond acceptors (Lipinski definition) is 2. The summed E-state index contributed by atoms with van der Waals surface area (Å²) in [7, 11) is 0. The van der Waals surface area contributed by atoms with Crippen molar-refractivity contribution in [1.82, 2.24) is 0 Å². The van der Waals surface area contributed by atoms with E-state index in [9.17, 15) is 14.3 Å². The van der Waals surface area contributed by atoms with Crippen LogP contribution in [-0.4, -0.2) is 16.5 Å². The molecule has 0 aromatic heterocycles. The van der Waals surface area contributed by atoms with Crippen molar-refractivity contribution in [3.05, 3.63) is 34.6 Å². The normalized spacial score (nSPS) is 11.6. The van der Waals surface area contributed by atoms with Crippen molar-refractivity contribution < 1.29 is 14.3 Å². The minimum Gasteiger partial charge on any atom is -0.382 e. The van der Waals surface area contributed by atoms with Gasteiger partial charge in [-0.1, -0.05) is 37.6 Å². The highest BCUT2D eigenvalue weighted by Gasteiger charge is 2.31. The van der Waals surface area contributed by atoms with Gasteiger partial charge in [0.2, 0.25) is 0 Å². The molecule has 0 amide bonds. The number of ketones is 1. The van der Waals surface area contributed by atoms with Gasteiger partial charge in [0, 0.05) is 6.42 Å². The first-order valence-corrected chi connectivity index (χ1v) is 6.01. The summed E-state index contributed by atoms with van der Waals surface area (Å²) >= 11 is 5.76. The molecule has 0 atom stereocenters. The molecule has 0 radical (unpaired) electrons. The molecular formula is C13H16ClFO2. The highest BCUT2D eigenvalue weighted by Crippen LogP contribution is 2.24. The lowest BCUT2D eigenvalue weighted by Gasteiger charge is -2.23. The van der Waals surface area contributed by atoms with Gasteiger partial charge in [-0.3, -0.25) is 4.79 Å². The van der Waals surface area contributed by atoms with Crippen molar-refractivity contribution in [1.29, 1.82) is 0 Å². The first-order chi connectivity index (χ1) is 7.94. The SMILES string of the molecule is CCC(O)(CC)C(=O)Cc1cccc(F)c1Cl. The number of carbonyl (C=O) groups excluding carboxylic acids is 1. The quantitative estimate of drug-likeness (QED) is 0.881. The molecule has 1 rings (SSSR count). The van der Waals surface area contributed by atoms with Crippen LogP contribution in [0.1, 0.15) is 32.3 Å². The molecular weight excluding hydrogens is 243 g/mol. The van der Waals surface area contributed by atoms with E-state index in [0.717, 1.165) is 0 Å². The van der Waals surface area contributed by atoms with Crippen LogP contribution in [0.4, 0.5) is 4.39 Å². The maximum atomic E-state index is 13.2. The van der Waals surface area contributed by atoms with Crippen molar-refractivity contribution in [3.8, 4) is 0 Å². The standard InChI is InChI=1S/C13H16ClFO2/c1-3-13(17,4-2)11(16)8-9-6-5-7-10(15)12(9)14/h5-7,17H,3-4,8H2,1-2H3. The van der Waals surface area contributed by atoms with Crippen LogP contribution in [0.3, 0.4) is 0 Å². The van der Waals surface area contributed by atoms with Crippen molar-refractivity contribution in [2.75, 3.05) is 0 Å². The average Bonchev–Trinajstić information content (AvgIpc) is 2.33. The van der Waals surface area contributed by atoms with Crippen molar-refractivity contribution in [3.63, 3.8) is 0 Å². The second kappa shape index (κ2) is 5.61. The first-order valence-electron chi connectivity index (χ1n) is 5.63. The van der Waals surface area contributed by atoms with Crippen molar-refractivity contribution in [2.24, 2.45) is 0 Å². The van der Waals surface area contributed by atoms with Gasteiger partial charge in [-0.15, -0.1) is 0 Å². The summed E-state index contributed by atoms with van der Waals surface area (Å²) in [5.41, 5.74) is -0.924. The molecule has 0 fully saturated rings. The summed E-state index contributed by atoms with van der Waals surface area (Å²) in [6.07, 6.45) is 0.638. The third-order valence-corrected chi connectivity index (χ3v) is 3.49. The van der Waals surface area contributed by atoms with Crippen LogP contribution in [0.2, 0.25) is 5.02 Å². The van der Waals surface area contributed by atoms with E-state index in [4.69, 9.17) is 11.6 Å². The minimum atomic E-state index is -1.34. The predicted molar refractivity (Wildman–Crippen MR) is 65.7 cm³/mol. The number of rotatable bonds is 5. The molecule has 1 aromatic rings. The fourth-order valence-electron chi connectivity index (χ4n) is 1.67. The van der Waals surface area contributed by atoms with E-state index in [0.29, 0.717) is 18.4 Å². The molecule has 0 aliphatic carbocycles. The summed E-state index contributed by atoms with van der Waals surface area (Å²) in [5.74, 6) is -0.872. The lowest BCUT2D eigenvalue weighted by atomic mass is 9.88. The molecule has 0 unspecified atom stereocenters. The Morgan fingerprint density at radius 3 is 2.53 bits per heavy atom. The smallest absolute Gasteiger partial charge is 0.168 e. The first kappa shape index (κ1) is 14.1. The Morgan fingerprint density at radius 1 is 1.41 bits per heavy atom. The summed E-state index contributed by atoms with van der Waals surface area (Å²) in [5, 5.41) is 9.99. The number of carbonyl (C=O) groups is 1. The van der Waals surface area contributed by atoms with Crippen LogP contribution in [0.25, 0.3) is 0 Å². The van der Waals surface area contributed by atoms with E-state index >= 15 is 0 Å². The Balaban J connectivity index is 2.92. The van der Waals surface area contributed by atoms with Gasteiger partial charge in [0.15, 0.2) is 5.78 Å². The van der Waals surface area contributed by atoms with Gasteiger partial charge in [-0.05, 0) is 24.5 Å². The van der Waals surface area contributed by atoms with E-state index < -0.39 is 11.4 Å². The molecule has 1 aromatic carbocycles. The van der Waals surface area contributed by atoms with E-state index in [-0.39, 0.29) is 17.2 Å². The Hall–Kier alpha value is -0.930. The van der Waals surface area contributed by atoms with Crippen LogP contribution in [0.15, 0.2) is 18.2 Å². The summed E-state index contributed by atoms with van der Waals surface area (Å²) < 4.78 is 13.2. The van der Waals surface area contributed by atoms with Gasteiger partial charge in [0.25, 0.3) is 0 Å². The summed E-state index contributed by atoms with van der Waals surface area (Å²) in [6, 6.07) is 4.33. The molecule has 0 saturated carbocycles. The van der Waals surface area contributed by atoms with Gasteiger partial charge >= 0.3 is 0 Å². The zero-order valence-electron chi connectivity index (χ0n) is 9.96. The molecule has 0 bridgehead atoms. The van der Waals surface area contributed by atoms with Crippen molar-refractivity contribution >= 4 is 17.4 Å². The van der Waals surface area contributed by atoms with Crippen LogP contribution in [0, 0.1) is 5.82 Å². The van der Waals surface area contributed by atoms with Crippen LogP contribution >= 0.6 is 11.6 Å². The Labute approximate surface area is 105 Å². The molecule has 0 aliphatic rings. The zero-order valence-corrected chi connectivity index (χ0v) is 10.7. The topological polar surface area (TPSA) is 37.3 Å². The molecule has 17 heavy (non-hydrogen) atoms. The summed E-state index contributed by atoms with van der Waals surface area (Å²) in [6.45, 7) is 3.49. The highest BCUT2D eigenvalue weighted by molar-refractivity contribution is 6.31. The van der Waals surface area contributed by atoms with E-state index in [1.165, 1.54) is 12.1 Å². The second-order valence-corrected chi connectivity index (χ2v) is 4.43. The van der Waals surface area contributed by atoms with E-state index in [2.05, 4.69) is 0 Å². The van der Waals surface area contributed by atoms with Gasteiger partial charge < -0.3 is 5.11 Å². The molecule has 0 saturated heterocycles. The van der Waals surface area contributed by atoms with Gasteiger partial charge in [0.05, 0.1) is 5.02 Å². The van der Waals surface area contributed by atoms with Crippen LogP contribution in [0.5, 0.6) is 0 Å². The molecule has 0 aliphatic heterocycles. The van der Waals surface area contributed by atoms with Gasteiger partial charge in [0.1, 0.15) is 11.4 Å². The molecule has 94 valence electrons. The number of benzene rings is 1. The van der Waals surface area contributed by atoms with E-state index in [1.807, 2.05) is 0 Å². The number of Topliss-reactive ketones (excluding diaryl/α,β-unsaturated/α-hetero) is 1. The number of halogens is 2. The predicted octanol–water partition coefficient (Wildman–Crippen LogP) is 3.14. The monoisotopic (exact) mass is 258 g/mol. The van der Waals surface area contributed by atoms with Gasteiger partial charge in [-0.2, -0.15) is 0 Å². The maximum absolute atomic E-state index is 13.2. The van der Waals surface area contributed by atoms with Crippen molar-refractivity contribution in [2.45, 2.75) is 38.7 Å². The average molecular weight is 259 g/mol. The molecule has 0 spiro atoms. The third-order valence-electron chi connectivity index (χ3n) is 3.07. The second-order valence-electron chi connectivity index (χ2n) is 4.05. The molecule has 0 heterocycles. The minimum absolute atomic E-state index is 0.0459. The zero-order chi connectivity index (χ0) is 13.1. The molecule has 1 N–H and O–H groups in total. The Morgan fingerprint density at radius 2 is 2.00 bits per heavy atom. The largest absolute Gasteiger partial charge is 0.382 e. The summed E-state index contributed by atoms with van der Waals surface area (Å²) in [4.78, 5) is 11.9. The molecule has 4 heteroatoms. The third kappa shape index (κ3) is 3.05. The highest BCUT2D eigenvalue weighted by atomic mass is 35.5. The van der Waals surface area contributed by atoms with Gasteiger partial charge in [-0.25, -0.2) is 4.39 Å². The lowest BCUT2D eigenvalue weighted by molar-refractivity contribution is -0.137.